The standard InChI is InChI=1S/C12H14F2N2O3/c1-2-7(11(17)18)6-15-12(19)16-9-5-3-4-8(13)10(9)14/h3-5,7H,2,6H2,1H3,(H,17,18)(H2,15,16,19). The maximum absolute atomic E-state index is 13.2. The number of anilines is 1. The number of halogens is 2. The third-order valence-electron chi connectivity index (χ3n) is 2.55. The van der Waals surface area contributed by atoms with E-state index in [4.69, 9.17) is 5.11 Å². The van der Waals surface area contributed by atoms with Crippen LogP contribution in [0, 0.1) is 17.6 Å². The van der Waals surface area contributed by atoms with E-state index in [2.05, 4.69) is 10.6 Å². The van der Waals surface area contributed by atoms with Crippen molar-refractivity contribution >= 4 is 17.7 Å². The van der Waals surface area contributed by atoms with Gasteiger partial charge in [0.15, 0.2) is 11.6 Å². The molecular formula is C12H14F2N2O3. The summed E-state index contributed by atoms with van der Waals surface area (Å²) < 4.78 is 26.1. The molecule has 1 rings (SSSR count). The predicted molar refractivity (Wildman–Crippen MR) is 64.8 cm³/mol. The monoisotopic (exact) mass is 272 g/mol. The maximum Gasteiger partial charge on any atom is 0.319 e. The second-order valence-corrected chi connectivity index (χ2v) is 3.88. The van der Waals surface area contributed by atoms with Crippen LogP contribution in [0.2, 0.25) is 0 Å². The van der Waals surface area contributed by atoms with Crippen LogP contribution >= 0.6 is 0 Å². The van der Waals surface area contributed by atoms with Gasteiger partial charge in [-0.15, -0.1) is 0 Å². The highest BCUT2D eigenvalue weighted by molar-refractivity contribution is 5.89. The van der Waals surface area contributed by atoms with Gasteiger partial charge in [-0.3, -0.25) is 4.79 Å². The molecule has 0 fully saturated rings. The van der Waals surface area contributed by atoms with Crippen molar-refractivity contribution in [3.8, 4) is 0 Å². The first-order valence-electron chi connectivity index (χ1n) is 5.67. The van der Waals surface area contributed by atoms with E-state index < -0.39 is 29.6 Å². The Morgan fingerprint density at radius 3 is 2.63 bits per heavy atom. The lowest BCUT2D eigenvalue weighted by molar-refractivity contribution is -0.141. The summed E-state index contributed by atoms with van der Waals surface area (Å²) in [7, 11) is 0. The van der Waals surface area contributed by atoms with E-state index in [9.17, 15) is 18.4 Å². The number of carboxylic acid groups (broad SMARTS) is 1. The van der Waals surface area contributed by atoms with Gasteiger partial charge >= 0.3 is 12.0 Å². The summed E-state index contributed by atoms with van der Waals surface area (Å²) in [5.74, 6) is -3.99. The Morgan fingerprint density at radius 1 is 1.37 bits per heavy atom. The van der Waals surface area contributed by atoms with Crippen molar-refractivity contribution in [2.75, 3.05) is 11.9 Å². The molecule has 0 aliphatic carbocycles. The first-order chi connectivity index (χ1) is 8.95. The molecule has 0 aliphatic rings. The van der Waals surface area contributed by atoms with E-state index in [0.29, 0.717) is 6.42 Å². The van der Waals surface area contributed by atoms with Crippen LogP contribution in [0.25, 0.3) is 0 Å². The molecule has 2 amide bonds. The Labute approximate surface area is 108 Å². The molecule has 3 N–H and O–H groups in total. The van der Waals surface area contributed by atoms with Gasteiger partial charge in [-0.1, -0.05) is 13.0 Å². The van der Waals surface area contributed by atoms with Gasteiger partial charge in [0, 0.05) is 6.54 Å². The number of hydrogen-bond acceptors (Lipinski definition) is 2. The fourth-order valence-corrected chi connectivity index (χ4v) is 1.39. The number of aliphatic carboxylic acids is 1. The van der Waals surface area contributed by atoms with Gasteiger partial charge in [0.2, 0.25) is 0 Å². The smallest absolute Gasteiger partial charge is 0.319 e. The van der Waals surface area contributed by atoms with Crippen molar-refractivity contribution in [1.29, 1.82) is 0 Å². The Morgan fingerprint density at radius 2 is 2.05 bits per heavy atom. The Bertz CT molecular complexity index is 480. The second kappa shape index (κ2) is 6.67. The highest BCUT2D eigenvalue weighted by atomic mass is 19.2. The summed E-state index contributed by atoms with van der Waals surface area (Å²) in [6.45, 7) is 1.58. The molecule has 1 aromatic carbocycles. The minimum atomic E-state index is -1.16. The molecular weight excluding hydrogens is 258 g/mol. The number of nitrogens with one attached hydrogen (secondary N) is 2. The van der Waals surface area contributed by atoms with Crippen LogP contribution in [-0.2, 0) is 4.79 Å². The lowest BCUT2D eigenvalue weighted by Crippen LogP contribution is -2.35. The molecule has 0 aromatic heterocycles. The van der Waals surface area contributed by atoms with Crippen LogP contribution in [0.3, 0.4) is 0 Å². The quantitative estimate of drug-likeness (QED) is 0.768. The van der Waals surface area contributed by atoms with Crippen LogP contribution in [0.5, 0.6) is 0 Å². The molecule has 1 aromatic rings. The number of carboxylic acids is 1. The maximum atomic E-state index is 13.2. The molecule has 1 unspecified atom stereocenters. The van der Waals surface area contributed by atoms with Crippen molar-refractivity contribution in [2.24, 2.45) is 5.92 Å². The first-order valence-corrected chi connectivity index (χ1v) is 5.67. The topological polar surface area (TPSA) is 78.4 Å². The lowest BCUT2D eigenvalue weighted by Gasteiger charge is -2.12. The van der Waals surface area contributed by atoms with E-state index >= 15 is 0 Å². The molecule has 19 heavy (non-hydrogen) atoms. The minimum Gasteiger partial charge on any atom is -0.481 e. The predicted octanol–water partition coefficient (Wildman–Crippen LogP) is 2.20. The van der Waals surface area contributed by atoms with E-state index in [1.54, 1.807) is 6.92 Å². The van der Waals surface area contributed by atoms with Crippen LogP contribution in [0.4, 0.5) is 19.3 Å². The normalized spacial score (nSPS) is 11.7. The largest absolute Gasteiger partial charge is 0.481 e. The molecule has 5 nitrogen and oxygen atoms in total. The average molecular weight is 272 g/mol. The summed E-state index contributed by atoms with van der Waals surface area (Å²) in [6, 6.07) is 2.59. The van der Waals surface area contributed by atoms with Crippen molar-refractivity contribution in [3.63, 3.8) is 0 Å². The molecule has 0 aliphatic heterocycles. The first kappa shape index (κ1) is 14.9. The molecule has 0 radical (unpaired) electrons. The molecule has 0 saturated carbocycles. The minimum absolute atomic E-state index is 0.0887. The van der Waals surface area contributed by atoms with Crippen LogP contribution in [-0.4, -0.2) is 23.7 Å². The highest BCUT2D eigenvalue weighted by Crippen LogP contribution is 2.16. The van der Waals surface area contributed by atoms with Crippen LogP contribution < -0.4 is 10.6 Å². The van der Waals surface area contributed by atoms with Gasteiger partial charge in [0.1, 0.15) is 0 Å². The number of carbonyl (C=O) groups excluding carboxylic acids is 1. The van der Waals surface area contributed by atoms with Gasteiger partial charge < -0.3 is 15.7 Å². The number of hydrogen-bond donors (Lipinski definition) is 3. The van der Waals surface area contributed by atoms with Crippen LogP contribution in [0.15, 0.2) is 18.2 Å². The van der Waals surface area contributed by atoms with Crippen molar-refractivity contribution in [3.05, 3.63) is 29.8 Å². The Kier molecular flexibility index (Phi) is 5.23. The number of urea groups is 1. The van der Waals surface area contributed by atoms with Gasteiger partial charge in [0.05, 0.1) is 11.6 Å². The highest BCUT2D eigenvalue weighted by Gasteiger charge is 2.16. The number of carbonyl (C=O) groups is 2. The number of rotatable bonds is 5. The van der Waals surface area contributed by atoms with Crippen molar-refractivity contribution < 1.29 is 23.5 Å². The Hall–Kier alpha value is -2.18. The van der Waals surface area contributed by atoms with Gasteiger partial charge in [-0.05, 0) is 18.6 Å². The molecule has 7 heteroatoms. The summed E-state index contributed by atoms with van der Waals surface area (Å²) in [5.41, 5.74) is -0.305. The van der Waals surface area contributed by atoms with Crippen LogP contribution in [0.1, 0.15) is 13.3 Å². The van der Waals surface area contributed by atoms with E-state index in [0.717, 1.165) is 6.07 Å². The lowest BCUT2D eigenvalue weighted by atomic mass is 10.1. The number of benzene rings is 1. The molecule has 1 atom stereocenters. The fraction of sp³-hybridized carbons (Fsp3) is 0.333. The molecule has 104 valence electrons. The zero-order valence-corrected chi connectivity index (χ0v) is 10.2. The third kappa shape index (κ3) is 4.20. The molecule has 0 spiro atoms. The van der Waals surface area contributed by atoms with E-state index in [1.807, 2.05) is 0 Å². The van der Waals surface area contributed by atoms with E-state index in [-0.39, 0.29) is 12.2 Å². The second-order valence-electron chi connectivity index (χ2n) is 3.88. The summed E-state index contributed by atoms with van der Waals surface area (Å²) in [6.07, 6.45) is 0.351. The Balaban J connectivity index is 2.56. The van der Waals surface area contributed by atoms with Crippen molar-refractivity contribution in [2.45, 2.75) is 13.3 Å². The zero-order valence-electron chi connectivity index (χ0n) is 10.2. The van der Waals surface area contributed by atoms with E-state index in [1.165, 1.54) is 12.1 Å². The fourth-order valence-electron chi connectivity index (χ4n) is 1.39. The molecule has 0 bridgehead atoms. The molecule has 0 saturated heterocycles. The van der Waals surface area contributed by atoms with Gasteiger partial charge in [-0.25, -0.2) is 13.6 Å². The average Bonchev–Trinajstić information content (AvgIpc) is 2.35. The van der Waals surface area contributed by atoms with Gasteiger partial charge in [0.25, 0.3) is 0 Å². The third-order valence-corrected chi connectivity index (χ3v) is 2.55. The summed E-state index contributed by atoms with van der Waals surface area (Å²) >= 11 is 0. The summed E-state index contributed by atoms with van der Waals surface area (Å²) in [5, 5.41) is 13.2. The zero-order chi connectivity index (χ0) is 14.4. The molecule has 0 heterocycles. The van der Waals surface area contributed by atoms with Crippen molar-refractivity contribution in [1.82, 2.24) is 5.32 Å². The SMILES string of the molecule is CCC(CNC(=O)Nc1cccc(F)c1F)C(=O)O. The number of amides is 2. The summed E-state index contributed by atoms with van der Waals surface area (Å²) in [4.78, 5) is 22.1. The van der Waals surface area contributed by atoms with Gasteiger partial charge in [-0.2, -0.15) is 0 Å².